The van der Waals surface area contributed by atoms with Gasteiger partial charge in [-0.05, 0) is 92.1 Å². The summed E-state index contributed by atoms with van der Waals surface area (Å²) in [5, 5.41) is 5.47. The van der Waals surface area contributed by atoms with E-state index in [4.69, 9.17) is 4.98 Å². The summed E-state index contributed by atoms with van der Waals surface area (Å²) in [5.74, 6) is 0. The van der Waals surface area contributed by atoms with Crippen LogP contribution in [0.25, 0.3) is 42.2 Å². The molecule has 1 nitrogen and oxygen atoms in total. The van der Waals surface area contributed by atoms with Gasteiger partial charge >= 0.3 is 0 Å². The molecule has 208 valence electrons. The van der Waals surface area contributed by atoms with Crippen molar-refractivity contribution in [2.75, 3.05) is 0 Å². The molecule has 0 atom stereocenters. The Labute approximate surface area is 245 Å². The summed E-state index contributed by atoms with van der Waals surface area (Å²) in [5.41, 5.74) is 8.97. The van der Waals surface area contributed by atoms with Crippen LogP contribution in [0.2, 0.25) is 0 Å². The first-order chi connectivity index (χ1) is 18.6. The average molecular weight is 548 g/mol. The maximum Gasteiger partial charge on any atom is 0.0880 e. The molecule has 0 saturated heterocycles. The van der Waals surface area contributed by atoms with Crippen LogP contribution in [-0.2, 0) is 22.7 Å². The van der Waals surface area contributed by atoms with Crippen molar-refractivity contribution in [1.29, 1.82) is 0 Å². The lowest BCUT2D eigenvalue weighted by molar-refractivity contribution is 0.334. The van der Waals surface area contributed by atoms with Crippen molar-refractivity contribution in [3.05, 3.63) is 77.0 Å². The van der Waals surface area contributed by atoms with Gasteiger partial charge in [-0.15, -0.1) is 11.3 Å². The van der Waals surface area contributed by atoms with Gasteiger partial charge in [-0.1, -0.05) is 99.6 Å². The standard InChI is InChI=1S/C38H45NS/c1-35(2,3)22-25-21-29-31(38(9,10)17-16-37(29,7)8)34-30(25)27-15-18-39-32(33(27)40-34)24-19-23-13-11-12-14-26(23)28(20-24)36(4,5)6/h11-15,18-21H,16-17,22H2,1-10H3. The molecule has 2 heteroatoms. The Morgan fingerprint density at radius 3 is 2.20 bits per heavy atom. The van der Waals surface area contributed by atoms with E-state index in [2.05, 4.69) is 118 Å². The summed E-state index contributed by atoms with van der Waals surface area (Å²) in [7, 11) is 0. The van der Waals surface area contributed by atoms with Crippen LogP contribution in [0.3, 0.4) is 0 Å². The second-order valence-electron chi connectivity index (χ2n) is 15.8. The monoisotopic (exact) mass is 547 g/mol. The molecule has 0 N–H and O–H groups in total. The van der Waals surface area contributed by atoms with Crippen LogP contribution in [0.5, 0.6) is 0 Å². The minimum Gasteiger partial charge on any atom is -0.255 e. The molecule has 5 aromatic rings. The number of hydrogen-bond acceptors (Lipinski definition) is 2. The first-order valence-corrected chi connectivity index (χ1v) is 15.8. The summed E-state index contributed by atoms with van der Waals surface area (Å²) in [6, 6.07) is 18.5. The number of fused-ring (bicyclic) bond motifs is 6. The van der Waals surface area contributed by atoms with Gasteiger partial charge in [0.05, 0.1) is 10.4 Å². The lowest BCUT2D eigenvalue weighted by atomic mass is 9.62. The normalized spacial score (nSPS) is 17.1. The summed E-state index contributed by atoms with van der Waals surface area (Å²) >= 11 is 2.00. The van der Waals surface area contributed by atoms with Crippen molar-refractivity contribution in [2.45, 2.75) is 105 Å². The van der Waals surface area contributed by atoms with Crippen LogP contribution in [-0.4, -0.2) is 4.98 Å². The third-order valence-electron chi connectivity index (χ3n) is 9.19. The lowest BCUT2D eigenvalue weighted by Gasteiger charge is -2.42. The molecule has 1 aliphatic rings. The molecule has 0 saturated carbocycles. The number of rotatable bonds is 2. The molecule has 2 aromatic heterocycles. The van der Waals surface area contributed by atoms with Crippen LogP contribution in [0.1, 0.15) is 104 Å². The minimum atomic E-state index is 0.0399. The number of thiophene rings is 1. The topological polar surface area (TPSA) is 12.9 Å². The van der Waals surface area contributed by atoms with Crippen LogP contribution in [0.15, 0.2) is 54.7 Å². The summed E-state index contributed by atoms with van der Waals surface area (Å²) < 4.78 is 2.82. The van der Waals surface area contributed by atoms with E-state index in [1.54, 1.807) is 11.1 Å². The fourth-order valence-corrected chi connectivity index (χ4v) is 8.62. The third-order valence-corrected chi connectivity index (χ3v) is 10.4. The van der Waals surface area contributed by atoms with Gasteiger partial charge in [0.1, 0.15) is 0 Å². The van der Waals surface area contributed by atoms with Gasteiger partial charge in [0, 0.05) is 27.2 Å². The largest absolute Gasteiger partial charge is 0.255 e. The van der Waals surface area contributed by atoms with E-state index in [1.807, 2.05) is 17.5 Å². The van der Waals surface area contributed by atoms with Gasteiger partial charge in [0.25, 0.3) is 0 Å². The highest BCUT2D eigenvalue weighted by Crippen LogP contribution is 2.53. The number of aromatic nitrogens is 1. The molecule has 0 radical (unpaired) electrons. The molecular weight excluding hydrogens is 502 g/mol. The van der Waals surface area contributed by atoms with E-state index < -0.39 is 0 Å². The Kier molecular flexibility index (Phi) is 6.10. The Hall–Kier alpha value is -2.71. The molecular formula is C38H45NS. The zero-order chi connectivity index (χ0) is 28.8. The summed E-state index contributed by atoms with van der Waals surface area (Å²) in [4.78, 5) is 5.09. The van der Waals surface area contributed by atoms with Crippen LogP contribution >= 0.6 is 11.3 Å². The Balaban J connectivity index is 1.73. The Bertz CT molecular complexity index is 1780. The van der Waals surface area contributed by atoms with Crippen molar-refractivity contribution < 1.29 is 0 Å². The molecule has 0 unspecified atom stereocenters. The molecule has 2 heterocycles. The summed E-state index contributed by atoms with van der Waals surface area (Å²) in [6.07, 6.45) is 5.57. The second-order valence-corrected chi connectivity index (χ2v) is 16.8. The zero-order valence-corrected chi connectivity index (χ0v) is 27.0. The van der Waals surface area contributed by atoms with Crippen molar-refractivity contribution >= 4 is 42.3 Å². The van der Waals surface area contributed by atoms with Crippen molar-refractivity contribution in [3.8, 4) is 11.3 Å². The molecule has 40 heavy (non-hydrogen) atoms. The van der Waals surface area contributed by atoms with Crippen molar-refractivity contribution in [3.63, 3.8) is 0 Å². The number of pyridine rings is 1. The molecule has 0 fully saturated rings. The van der Waals surface area contributed by atoms with Gasteiger partial charge in [0.2, 0.25) is 0 Å². The molecule has 0 aliphatic heterocycles. The first kappa shape index (κ1) is 27.5. The van der Waals surface area contributed by atoms with E-state index >= 15 is 0 Å². The molecule has 6 rings (SSSR count). The third kappa shape index (κ3) is 4.48. The molecule has 0 amide bonds. The quantitative estimate of drug-likeness (QED) is 0.214. The zero-order valence-electron chi connectivity index (χ0n) is 26.2. The van der Waals surface area contributed by atoms with Crippen LogP contribution < -0.4 is 0 Å². The highest BCUT2D eigenvalue weighted by Gasteiger charge is 2.40. The molecule has 0 spiro atoms. The fourth-order valence-electron chi connectivity index (χ4n) is 7.03. The predicted molar refractivity (Wildman–Crippen MR) is 177 cm³/mol. The lowest BCUT2D eigenvalue weighted by Crippen LogP contribution is -2.34. The van der Waals surface area contributed by atoms with Gasteiger partial charge < -0.3 is 0 Å². The summed E-state index contributed by atoms with van der Waals surface area (Å²) in [6.45, 7) is 23.9. The fraction of sp³-hybridized carbons (Fsp3) is 0.447. The maximum atomic E-state index is 5.09. The highest BCUT2D eigenvalue weighted by atomic mass is 32.1. The van der Waals surface area contributed by atoms with Gasteiger partial charge in [-0.3, -0.25) is 4.98 Å². The van der Waals surface area contributed by atoms with Crippen LogP contribution in [0.4, 0.5) is 0 Å². The Morgan fingerprint density at radius 2 is 1.50 bits per heavy atom. The first-order valence-electron chi connectivity index (χ1n) is 15.0. The number of hydrogen-bond donors (Lipinski definition) is 0. The molecule has 1 aliphatic carbocycles. The van der Waals surface area contributed by atoms with E-state index in [1.165, 1.54) is 60.5 Å². The molecule has 0 bridgehead atoms. The number of nitrogens with zero attached hydrogens (tertiary/aromatic N) is 1. The highest BCUT2D eigenvalue weighted by molar-refractivity contribution is 7.26. The van der Waals surface area contributed by atoms with E-state index in [0.29, 0.717) is 0 Å². The van der Waals surface area contributed by atoms with Crippen LogP contribution in [0, 0.1) is 5.41 Å². The SMILES string of the molecule is CC(C)(C)Cc1cc2c(c3sc4c(-c5cc(C(C)(C)C)c6ccccc6c5)nccc4c13)C(C)(C)CCC2(C)C. The molecule has 3 aromatic carbocycles. The van der Waals surface area contributed by atoms with E-state index in [9.17, 15) is 0 Å². The van der Waals surface area contributed by atoms with E-state index in [-0.39, 0.29) is 21.7 Å². The van der Waals surface area contributed by atoms with Crippen molar-refractivity contribution in [1.82, 2.24) is 4.98 Å². The van der Waals surface area contributed by atoms with E-state index in [0.717, 1.165) is 12.1 Å². The van der Waals surface area contributed by atoms with Gasteiger partial charge in [-0.2, -0.15) is 0 Å². The minimum absolute atomic E-state index is 0.0399. The van der Waals surface area contributed by atoms with Gasteiger partial charge in [0.15, 0.2) is 0 Å². The number of benzene rings is 3. The van der Waals surface area contributed by atoms with Crippen molar-refractivity contribution in [2.24, 2.45) is 5.41 Å². The maximum absolute atomic E-state index is 5.09. The smallest absolute Gasteiger partial charge is 0.0880 e. The second kappa shape index (κ2) is 8.89. The Morgan fingerprint density at radius 1 is 0.800 bits per heavy atom. The predicted octanol–water partition coefficient (Wildman–Crippen LogP) is 11.5. The van der Waals surface area contributed by atoms with Gasteiger partial charge in [-0.25, -0.2) is 0 Å². The average Bonchev–Trinajstić information content (AvgIpc) is 3.24.